The molecule has 140 valence electrons. The first-order chi connectivity index (χ1) is 11.6. The van der Waals surface area contributed by atoms with Gasteiger partial charge in [0.25, 0.3) is 0 Å². The summed E-state index contributed by atoms with van der Waals surface area (Å²) >= 11 is 0. The largest absolute Gasteiger partial charge is 0.493 e. The van der Waals surface area contributed by atoms with Crippen LogP contribution in [-0.2, 0) is 9.53 Å². The molecule has 0 bridgehead atoms. The van der Waals surface area contributed by atoms with E-state index in [0.29, 0.717) is 29.7 Å². The van der Waals surface area contributed by atoms with Crippen molar-refractivity contribution in [3.8, 4) is 0 Å². The van der Waals surface area contributed by atoms with Gasteiger partial charge in [-0.2, -0.15) is 0 Å². The van der Waals surface area contributed by atoms with E-state index in [1.54, 1.807) is 6.26 Å². The van der Waals surface area contributed by atoms with Crippen LogP contribution in [0, 0.1) is 0 Å². The van der Waals surface area contributed by atoms with E-state index in [0.717, 1.165) is 0 Å². The number of Topliss-reactive ketones (excluding diaryl/α,β-unsaturated/α-hetero) is 1. The van der Waals surface area contributed by atoms with Crippen molar-refractivity contribution in [1.82, 2.24) is 0 Å². The lowest BCUT2D eigenvalue weighted by atomic mass is 9.82. The van der Waals surface area contributed by atoms with Crippen molar-refractivity contribution in [1.29, 1.82) is 0 Å². The first kappa shape index (κ1) is 21.5. The van der Waals surface area contributed by atoms with E-state index in [1.165, 1.54) is 22.3 Å². The number of hydrogen-bond acceptors (Lipinski definition) is 2. The lowest BCUT2D eigenvalue weighted by Crippen LogP contribution is -2.11. The number of hydrogen-bond donors (Lipinski definition) is 0. The summed E-state index contributed by atoms with van der Waals surface area (Å²) < 4.78 is 6.01. The van der Waals surface area contributed by atoms with Gasteiger partial charge in [0.2, 0.25) is 0 Å². The number of rotatable bonds is 8. The Morgan fingerprint density at radius 1 is 0.960 bits per heavy atom. The Morgan fingerprint density at radius 3 is 1.80 bits per heavy atom. The molecular weight excluding hydrogens is 308 g/mol. The highest BCUT2D eigenvalue weighted by Gasteiger charge is 2.21. The predicted molar refractivity (Wildman–Crippen MR) is 107 cm³/mol. The van der Waals surface area contributed by atoms with E-state index in [4.69, 9.17) is 4.74 Å². The van der Waals surface area contributed by atoms with Crippen molar-refractivity contribution < 1.29 is 9.53 Å². The second kappa shape index (κ2) is 9.22. The zero-order valence-electron chi connectivity index (χ0n) is 17.6. The van der Waals surface area contributed by atoms with Gasteiger partial charge in [-0.3, -0.25) is 4.79 Å². The van der Waals surface area contributed by atoms with Crippen LogP contribution in [0.1, 0.15) is 115 Å². The molecule has 0 aromatic heterocycles. The summed E-state index contributed by atoms with van der Waals surface area (Å²) in [7, 11) is 0. The predicted octanol–water partition coefficient (Wildman–Crippen LogP) is 7.02. The number of allylic oxidation sites excluding steroid dienone is 1. The Bertz CT molecular complexity index is 592. The molecule has 0 heterocycles. The van der Waals surface area contributed by atoms with Crippen molar-refractivity contribution in [2.45, 2.75) is 92.6 Å². The zero-order chi connectivity index (χ0) is 19.3. The van der Waals surface area contributed by atoms with E-state index in [9.17, 15) is 4.79 Å². The Hall–Kier alpha value is -1.57. The first-order valence-electron chi connectivity index (χ1n) is 9.63. The normalized spacial score (nSPS) is 13.7. The SMILES string of the molecule is CCC(=O)/C(C)=C/O[C@@H](C)c1c(C(C)C)cc(C(C)C)cc1C(C)C. The maximum atomic E-state index is 11.8. The van der Waals surface area contributed by atoms with Gasteiger partial charge in [0.05, 0.1) is 6.26 Å². The molecular formula is C23H36O2. The summed E-state index contributed by atoms with van der Waals surface area (Å²) in [5.74, 6) is 1.50. The van der Waals surface area contributed by atoms with Gasteiger partial charge < -0.3 is 4.74 Å². The van der Waals surface area contributed by atoms with Crippen LogP contribution in [0.4, 0.5) is 0 Å². The average Bonchev–Trinajstić information content (AvgIpc) is 2.56. The van der Waals surface area contributed by atoms with E-state index in [-0.39, 0.29) is 11.9 Å². The minimum absolute atomic E-state index is 0.0735. The Kier molecular flexibility index (Phi) is 7.92. The summed E-state index contributed by atoms with van der Waals surface area (Å²) in [6, 6.07) is 4.67. The van der Waals surface area contributed by atoms with Gasteiger partial charge in [-0.15, -0.1) is 0 Å². The van der Waals surface area contributed by atoms with E-state index in [1.807, 2.05) is 13.8 Å². The molecule has 0 unspecified atom stereocenters. The number of carbonyl (C=O) groups excluding carboxylic acids is 1. The summed E-state index contributed by atoms with van der Waals surface area (Å²) in [6.45, 7) is 19.2. The van der Waals surface area contributed by atoms with Gasteiger partial charge in [-0.25, -0.2) is 0 Å². The maximum absolute atomic E-state index is 11.8. The van der Waals surface area contributed by atoms with Crippen LogP contribution in [0.25, 0.3) is 0 Å². The molecule has 25 heavy (non-hydrogen) atoms. The third-order valence-electron chi connectivity index (χ3n) is 4.79. The maximum Gasteiger partial charge on any atom is 0.161 e. The van der Waals surface area contributed by atoms with Gasteiger partial charge in [-0.05, 0) is 53.9 Å². The Labute approximate surface area is 154 Å². The molecule has 0 radical (unpaired) electrons. The molecule has 0 aliphatic carbocycles. The van der Waals surface area contributed by atoms with Gasteiger partial charge in [0, 0.05) is 12.0 Å². The molecule has 0 amide bonds. The second-order valence-electron chi connectivity index (χ2n) is 7.93. The highest BCUT2D eigenvalue weighted by molar-refractivity contribution is 5.94. The fraction of sp³-hybridized carbons (Fsp3) is 0.609. The highest BCUT2D eigenvalue weighted by atomic mass is 16.5. The third kappa shape index (κ3) is 5.45. The Balaban J connectivity index is 3.38. The molecule has 0 fully saturated rings. The molecule has 2 nitrogen and oxygen atoms in total. The standard InChI is InChI=1S/C23H36O2/c1-10-22(24)17(8)13-25-18(9)23-20(15(4)5)11-19(14(2)3)12-21(23)16(6)7/h11-16,18H,10H2,1-9H3/b17-13+/t18-/m0/s1. The smallest absolute Gasteiger partial charge is 0.161 e. The summed E-state index contributed by atoms with van der Waals surface area (Å²) in [6.07, 6.45) is 2.08. The number of benzene rings is 1. The molecule has 0 saturated heterocycles. The van der Waals surface area contributed by atoms with Crippen LogP contribution in [-0.4, -0.2) is 5.78 Å². The van der Waals surface area contributed by atoms with Crippen molar-refractivity contribution in [3.05, 3.63) is 46.2 Å². The summed E-state index contributed by atoms with van der Waals surface area (Å²) in [5.41, 5.74) is 6.06. The molecule has 0 aliphatic heterocycles. The van der Waals surface area contributed by atoms with E-state index < -0.39 is 0 Å². The second-order valence-corrected chi connectivity index (χ2v) is 7.93. The van der Waals surface area contributed by atoms with Crippen LogP contribution in [0.2, 0.25) is 0 Å². The van der Waals surface area contributed by atoms with Crippen LogP contribution < -0.4 is 0 Å². The quantitative estimate of drug-likeness (QED) is 0.374. The summed E-state index contributed by atoms with van der Waals surface area (Å²) in [5, 5.41) is 0. The summed E-state index contributed by atoms with van der Waals surface area (Å²) in [4.78, 5) is 11.8. The molecule has 0 N–H and O–H groups in total. The zero-order valence-corrected chi connectivity index (χ0v) is 17.6. The third-order valence-corrected chi connectivity index (χ3v) is 4.79. The molecule has 0 saturated carbocycles. The fourth-order valence-corrected chi connectivity index (χ4v) is 3.10. The van der Waals surface area contributed by atoms with E-state index in [2.05, 4.69) is 60.6 Å². The first-order valence-corrected chi connectivity index (χ1v) is 9.63. The fourth-order valence-electron chi connectivity index (χ4n) is 3.10. The molecule has 1 rings (SSSR count). The van der Waals surface area contributed by atoms with Crippen LogP contribution >= 0.6 is 0 Å². The topological polar surface area (TPSA) is 26.3 Å². The molecule has 0 aliphatic rings. The molecule has 2 heteroatoms. The average molecular weight is 345 g/mol. The molecule has 1 aromatic rings. The molecule has 1 atom stereocenters. The van der Waals surface area contributed by atoms with Gasteiger partial charge in [-0.1, -0.05) is 60.6 Å². The number of ether oxygens (including phenoxy) is 1. The van der Waals surface area contributed by atoms with Gasteiger partial charge >= 0.3 is 0 Å². The van der Waals surface area contributed by atoms with Crippen LogP contribution in [0.5, 0.6) is 0 Å². The number of ketones is 1. The minimum atomic E-state index is -0.0735. The van der Waals surface area contributed by atoms with E-state index >= 15 is 0 Å². The lowest BCUT2D eigenvalue weighted by Gasteiger charge is -2.26. The van der Waals surface area contributed by atoms with Crippen LogP contribution in [0.3, 0.4) is 0 Å². The minimum Gasteiger partial charge on any atom is -0.493 e. The van der Waals surface area contributed by atoms with Crippen molar-refractivity contribution in [3.63, 3.8) is 0 Å². The van der Waals surface area contributed by atoms with Crippen LogP contribution in [0.15, 0.2) is 24.0 Å². The lowest BCUT2D eigenvalue weighted by molar-refractivity contribution is -0.115. The Morgan fingerprint density at radius 2 is 1.44 bits per heavy atom. The highest BCUT2D eigenvalue weighted by Crippen LogP contribution is 2.37. The molecule has 1 aromatic carbocycles. The molecule has 0 spiro atoms. The van der Waals surface area contributed by atoms with Crippen molar-refractivity contribution in [2.75, 3.05) is 0 Å². The monoisotopic (exact) mass is 344 g/mol. The van der Waals surface area contributed by atoms with Crippen molar-refractivity contribution >= 4 is 5.78 Å². The number of carbonyl (C=O) groups is 1. The van der Waals surface area contributed by atoms with Gasteiger partial charge in [0.15, 0.2) is 5.78 Å². The van der Waals surface area contributed by atoms with Gasteiger partial charge in [0.1, 0.15) is 6.10 Å². The van der Waals surface area contributed by atoms with Crippen molar-refractivity contribution in [2.24, 2.45) is 0 Å².